The largest absolute Gasteiger partial charge is 0.462 e. The fourth-order valence-corrected chi connectivity index (χ4v) is 1.99. The fourth-order valence-electron chi connectivity index (χ4n) is 1.99. The van der Waals surface area contributed by atoms with Crippen LogP contribution in [0.5, 0.6) is 0 Å². The maximum atomic E-state index is 12.0. The van der Waals surface area contributed by atoms with Crippen molar-refractivity contribution in [2.45, 2.75) is 27.2 Å². The van der Waals surface area contributed by atoms with Crippen molar-refractivity contribution in [2.24, 2.45) is 0 Å². The fraction of sp³-hybridized carbons (Fsp3) is 0.500. The van der Waals surface area contributed by atoms with E-state index in [-0.39, 0.29) is 5.91 Å². The number of nitrogens with one attached hydrogen (secondary N) is 1. The molecule has 0 saturated carbocycles. The van der Waals surface area contributed by atoms with Gasteiger partial charge in [-0.15, -0.1) is 0 Å². The summed E-state index contributed by atoms with van der Waals surface area (Å²) in [6.45, 7) is 8.74. The summed E-state index contributed by atoms with van der Waals surface area (Å²) in [6, 6.07) is 6.89. The van der Waals surface area contributed by atoms with Crippen LogP contribution >= 0.6 is 0 Å². The molecule has 0 fully saturated rings. The number of amides is 1. The lowest BCUT2D eigenvalue weighted by Crippen LogP contribution is -2.27. The molecule has 0 spiro atoms. The normalized spacial score (nSPS) is 10.5. The van der Waals surface area contributed by atoms with Crippen molar-refractivity contribution in [1.29, 1.82) is 0 Å². The van der Waals surface area contributed by atoms with Gasteiger partial charge < -0.3 is 15.0 Å². The van der Waals surface area contributed by atoms with E-state index in [1.165, 1.54) is 0 Å². The highest BCUT2D eigenvalue weighted by atomic mass is 16.5. The Hall–Kier alpha value is -1.88. The van der Waals surface area contributed by atoms with Crippen molar-refractivity contribution < 1.29 is 14.3 Å². The first-order chi connectivity index (χ1) is 10.1. The highest BCUT2D eigenvalue weighted by Crippen LogP contribution is 2.16. The molecule has 0 unspecified atom stereocenters. The molecule has 1 aromatic carbocycles. The summed E-state index contributed by atoms with van der Waals surface area (Å²) in [4.78, 5) is 26.0. The molecule has 0 aliphatic carbocycles. The molecular formula is C16H24N2O3. The summed E-state index contributed by atoms with van der Waals surface area (Å²) in [5, 5.41) is 2.79. The van der Waals surface area contributed by atoms with Crippen molar-refractivity contribution in [2.75, 3.05) is 31.6 Å². The van der Waals surface area contributed by atoms with Crippen molar-refractivity contribution in [3.8, 4) is 0 Å². The Morgan fingerprint density at radius 2 is 1.81 bits per heavy atom. The lowest BCUT2D eigenvalue weighted by molar-refractivity contribution is -0.116. The van der Waals surface area contributed by atoms with Crippen LogP contribution in [0.15, 0.2) is 24.3 Å². The van der Waals surface area contributed by atoms with E-state index >= 15 is 0 Å². The molecule has 1 N–H and O–H groups in total. The zero-order valence-electron chi connectivity index (χ0n) is 13.0. The van der Waals surface area contributed by atoms with Gasteiger partial charge in [-0.25, -0.2) is 4.79 Å². The predicted molar refractivity (Wildman–Crippen MR) is 83.4 cm³/mol. The van der Waals surface area contributed by atoms with Gasteiger partial charge in [0.2, 0.25) is 5.91 Å². The minimum Gasteiger partial charge on any atom is -0.462 e. The van der Waals surface area contributed by atoms with Crippen LogP contribution in [0.2, 0.25) is 0 Å². The molecular weight excluding hydrogens is 268 g/mol. The van der Waals surface area contributed by atoms with Crippen LogP contribution in [0.25, 0.3) is 0 Å². The Morgan fingerprint density at radius 1 is 1.14 bits per heavy atom. The van der Waals surface area contributed by atoms with Gasteiger partial charge in [0.05, 0.1) is 17.9 Å². The van der Waals surface area contributed by atoms with E-state index in [9.17, 15) is 9.59 Å². The number of hydrogen-bond donors (Lipinski definition) is 1. The third kappa shape index (κ3) is 5.55. The number of ether oxygens (including phenoxy) is 1. The summed E-state index contributed by atoms with van der Waals surface area (Å²) in [5.41, 5.74) is 0.885. The van der Waals surface area contributed by atoms with Gasteiger partial charge in [-0.1, -0.05) is 26.0 Å². The van der Waals surface area contributed by atoms with Crippen molar-refractivity contribution >= 4 is 17.6 Å². The molecule has 0 aromatic heterocycles. The SMILES string of the molecule is CCOC(=O)c1ccccc1NC(=O)CCN(CC)CC. The number of anilines is 1. The zero-order valence-corrected chi connectivity index (χ0v) is 13.0. The molecule has 0 aliphatic heterocycles. The van der Waals surface area contributed by atoms with Crippen LogP contribution in [0.4, 0.5) is 5.69 Å². The minimum absolute atomic E-state index is 0.0985. The van der Waals surface area contributed by atoms with Gasteiger partial charge in [0.1, 0.15) is 0 Å². The second kappa shape index (κ2) is 9.13. The van der Waals surface area contributed by atoms with Crippen LogP contribution in [0, 0.1) is 0 Å². The first kappa shape index (κ1) is 17.2. The lowest BCUT2D eigenvalue weighted by atomic mass is 10.1. The number of rotatable bonds is 8. The minimum atomic E-state index is -0.419. The zero-order chi connectivity index (χ0) is 15.7. The molecule has 1 aromatic rings. The standard InChI is InChI=1S/C16H24N2O3/c1-4-18(5-2)12-11-15(19)17-14-10-8-7-9-13(14)16(20)21-6-3/h7-10H,4-6,11-12H2,1-3H3,(H,17,19). The molecule has 5 heteroatoms. The third-order valence-corrected chi connectivity index (χ3v) is 3.25. The molecule has 0 aliphatic rings. The summed E-state index contributed by atoms with van der Waals surface area (Å²) >= 11 is 0. The molecule has 0 radical (unpaired) electrons. The van der Waals surface area contributed by atoms with Gasteiger partial charge in [-0.3, -0.25) is 4.79 Å². The van der Waals surface area contributed by atoms with E-state index in [0.29, 0.717) is 30.8 Å². The highest BCUT2D eigenvalue weighted by Gasteiger charge is 2.14. The summed E-state index contributed by atoms with van der Waals surface area (Å²) < 4.78 is 4.98. The van der Waals surface area contributed by atoms with E-state index in [0.717, 1.165) is 13.1 Å². The monoisotopic (exact) mass is 292 g/mol. The van der Waals surface area contributed by atoms with Crippen LogP contribution in [0.3, 0.4) is 0 Å². The average Bonchev–Trinajstić information content (AvgIpc) is 2.49. The number of carbonyl (C=O) groups is 2. The second-order valence-corrected chi connectivity index (χ2v) is 4.59. The number of hydrogen-bond acceptors (Lipinski definition) is 4. The van der Waals surface area contributed by atoms with Crippen LogP contribution in [-0.2, 0) is 9.53 Å². The Kier molecular flexibility index (Phi) is 7.46. The van der Waals surface area contributed by atoms with Crippen LogP contribution in [-0.4, -0.2) is 43.0 Å². The number of benzene rings is 1. The van der Waals surface area contributed by atoms with Gasteiger partial charge in [0.15, 0.2) is 0 Å². The summed E-state index contributed by atoms with van der Waals surface area (Å²) in [5.74, 6) is -0.518. The molecule has 21 heavy (non-hydrogen) atoms. The molecule has 0 heterocycles. The first-order valence-corrected chi connectivity index (χ1v) is 7.40. The van der Waals surface area contributed by atoms with Crippen LogP contribution < -0.4 is 5.32 Å². The summed E-state index contributed by atoms with van der Waals surface area (Å²) in [6.07, 6.45) is 0.402. The van der Waals surface area contributed by atoms with Gasteiger partial charge in [-0.05, 0) is 32.1 Å². The van der Waals surface area contributed by atoms with E-state index in [1.807, 2.05) is 0 Å². The third-order valence-electron chi connectivity index (χ3n) is 3.25. The lowest BCUT2D eigenvalue weighted by Gasteiger charge is -2.17. The highest BCUT2D eigenvalue weighted by molar-refractivity contribution is 6.01. The smallest absolute Gasteiger partial charge is 0.340 e. The average molecular weight is 292 g/mol. The van der Waals surface area contributed by atoms with Gasteiger partial charge in [0.25, 0.3) is 0 Å². The van der Waals surface area contributed by atoms with E-state index in [1.54, 1.807) is 31.2 Å². The summed E-state index contributed by atoms with van der Waals surface area (Å²) in [7, 11) is 0. The number of para-hydroxylation sites is 1. The molecule has 1 rings (SSSR count). The number of nitrogens with zero attached hydrogens (tertiary/aromatic N) is 1. The predicted octanol–water partition coefficient (Wildman–Crippen LogP) is 2.53. The maximum Gasteiger partial charge on any atom is 0.340 e. The van der Waals surface area contributed by atoms with E-state index in [4.69, 9.17) is 4.74 Å². The van der Waals surface area contributed by atoms with E-state index < -0.39 is 5.97 Å². The molecule has 0 atom stereocenters. The molecule has 116 valence electrons. The van der Waals surface area contributed by atoms with Gasteiger partial charge in [-0.2, -0.15) is 0 Å². The molecule has 1 amide bonds. The van der Waals surface area contributed by atoms with E-state index in [2.05, 4.69) is 24.1 Å². The molecule has 0 saturated heterocycles. The molecule has 0 bridgehead atoms. The number of esters is 1. The second-order valence-electron chi connectivity index (χ2n) is 4.59. The maximum absolute atomic E-state index is 12.0. The van der Waals surface area contributed by atoms with Crippen molar-refractivity contribution in [1.82, 2.24) is 4.90 Å². The molecule has 5 nitrogen and oxygen atoms in total. The Morgan fingerprint density at radius 3 is 2.43 bits per heavy atom. The Labute approximate surface area is 126 Å². The first-order valence-electron chi connectivity index (χ1n) is 7.40. The van der Waals surface area contributed by atoms with Crippen molar-refractivity contribution in [3.05, 3.63) is 29.8 Å². The quantitative estimate of drug-likeness (QED) is 0.748. The van der Waals surface area contributed by atoms with Crippen LogP contribution in [0.1, 0.15) is 37.6 Å². The van der Waals surface area contributed by atoms with Crippen molar-refractivity contribution in [3.63, 3.8) is 0 Å². The Balaban J connectivity index is 2.65. The topological polar surface area (TPSA) is 58.6 Å². The number of carbonyl (C=O) groups excluding carboxylic acids is 2. The Bertz CT molecular complexity index is 470. The van der Waals surface area contributed by atoms with Gasteiger partial charge in [0, 0.05) is 13.0 Å². The van der Waals surface area contributed by atoms with Gasteiger partial charge >= 0.3 is 5.97 Å².